The van der Waals surface area contributed by atoms with Gasteiger partial charge in [0.25, 0.3) is 0 Å². The lowest BCUT2D eigenvalue weighted by Gasteiger charge is -2.31. The van der Waals surface area contributed by atoms with Crippen molar-refractivity contribution in [1.29, 1.82) is 0 Å². The van der Waals surface area contributed by atoms with Gasteiger partial charge in [0, 0.05) is 6.04 Å². The third kappa shape index (κ3) is 3.65. The summed E-state index contributed by atoms with van der Waals surface area (Å²) in [5, 5.41) is 9.36. The topological polar surface area (TPSA) is 40.5 Å². The molecule has 1 unspecified atom stereocenters. The zero-order valence-electron chi connectivity index (χ0n) is 12.6. The molecule has 0 spiro atoms. The van der Waals surface area contributed by atoms with Crippen LogP contribution in [0, 0.1) is 0 Å². The van der Waals surface area contributed by atoms with Crippen molar-refractivity contribution in [2.24, 2.45) is 0 Å². The lowest BCUT2D eigenvalue weighted by Crippen LogP contribution is -2.32. The Hall–Kier alpha value is -1.35. The molecule has 3 rings (SSSR count). The van der Waals surface area contributed by atoms with Crippen LogP contribution < -0.4 is 0 Å². The number of likely N-dealkylation sites (tertiary alicyclic amines) is 1. The average molecular weight is 287 g/mol. The van der Waals surface area contributed by atoms with E-state index in [0.29, 0.717) is 5.92 Å². The molecule has 1 aliphatic carbocycles. The van der Waals surface area contributed by atoms with Crippen LogP contribution in [-0.4, -0.2) is 29.1 Å². The van der Waals surface area contributed by atoms with Crippen LogP contribution in [0.3, 0.4) is 0 Å². The highest BCUT2D eigenvalue weighted by atomic mass is 16.4. The van der Waals surface area contributed by atoms with Crippen LogP contribution in [0.15, 0.2) is 24.3 Å². The number of aliphatic carboxylic acids is 1. The Kier molecular flexibility index (Phi) is 4.59. The maximum absolute atomic E-state index is 11.4. The summed E-state index contributed by atoms with van der Waals surface area (Å²) in [5.74, 6) is -0.0145. The number of carboxylic acid groups (broad SMARTS) is 1. The van der Waals surface area contributed by atoms with Crippen LogP contribution >= 0.6 is 0 Å². The van der Waals surface area contributed by atoms with E-state index in [9.17, 15) is 9.90 Å². The van der Waals surface area contributed by atoms with Crippen molar-refractivity contribution in [2.45, 2.75) is 56.9 Å². The number of nitrogens with zero attached hydrogens (tertiary/aromatic N) is 1. The smallest absolute Gasteiger partial charge is 0.305 e. The van der Waals surface area contributed by atoms with Gasteiger partial charge in [-0.05, 0) is 55.8 Å². The third-order valence-corrected chi connectivity index (χ3v) is 4.82. The molecule has 1 N–H and O–H groups in total. The number of hydrogen-bond acceptors (Lipinski definition) is 2. The fourth-order valence-corrected chi connectivity index (χ4v) is 3.59. The minimum atomic E-state index is -0.685. The summed E-state index contributed by atoms with van der Waals surface area (Å²) in [6, 6.07) is 8.58. The zero-order chi connectivity index (χ0) is 14.7. The highest BCUT2D eigenvalue weighted by Gasteiger charge is 2.31. The molecular weight excluding hydrogens is 262 g/mol. The van der Waals surface area contributed by atoms with E-state index in [0.717, 1.165) is 13.1 Å². The van der Waals surface area contributed by atoms with Gasteiger partial charge in [-0.25, -0.2) is 0 Å². The van der Waals surface area contributed by atoms with E-state index in [-0.39, 0.29) is 12.5 Å². The second-order valence-electron chi connectivity index (χ2n) is 6.47. The molecule has 1 atom stereocenters. The van der Waals surface area contributed by atoms with Gasteiger partial charge in [-0.3, -0.25) is 9.69 Å². The van der Waals surface area contributed by atoms with Gasteiger partial charge in [-0.2, -0.15) is 0 Å². The molecule has 1 saturated heterocycles. The number of carbonyl (C=O) groups is 1. The number of carboxylic acids is 1. The Labute approximate surface area is 127 Å². The van der Waals surface area contributed by atoms with Gasteiger partial charge in [0.05, 0.1) is 6.42 Å². The molecule has 0 amide bonds. The fourth-order valence-electron chi connectivity index (χ4n) is 3.59. The zero-order valence-corrected chi connectivity index (χ0v) is 12.6. The number of hydrogen-bond donors (Lipinski definition) is 1. The highest BCUT2D eigenvalue weighted by molar-refractivity contribution is 5.68. The summed E-state index contributed by atoms with van der Waals surface area (Å²) in [6.07, 6.45) is 7.70. The number of rotatable bonds is 5. The lowest BCUT2D eigenvalue weighted by atomic mass is 9.93. The molecule has 0 bridgehead atoms. The molecule has 2 fully saturated rings. The van der Waals surface area contributed by atoms with Crippen molar-refractivity contribution in [2.75, 3.05) is 13.1 Å². The maximum Gasteiger partial charge on any atom is 0.305 e. The summed E-state index contributed by atoms with van der Waals surface area (Å²) >= 11 is 0. The van der Waals surface area contributed by atoms with E-state index >= 15 is 0 Å². The molecule has 1 aliphatic heterocycles. The summed E-state index contributed by atoms with van der Waals surface area (Å²) in [7, 11) is 0. The summed E-state index contributed by atoms with van der Waals surface area (Å²) < 4.78 is 0. The quantitative estimate of drug-likeness (QED) is 0.891. The first-order chi connectivity index (χ1) is 10.3. The predicted octanol–water partition coefficient (Wildman–Crippen LogP) is 3.96. The highest BCUT2D eigenvalue weighted by Crippen LogP contribution is 2.44. The molecule has 3 nitrogen and oxygen atoms in total. The Bertz CT molecular complexity index is 488. The van der Waals surface area contributed by atoms with E-state index in [1.54, 1.807) is 0 Å². The Morgan fingerprint density at radius 1 is 1.14 bits per heavy atom. The van der Waals surface area contributed by atoms with Gasteiger partial charge in [-0.15, -0.1) is 0 Å². The van der Waals surface area contributed by atoms with Gasteiger partial charge in [0.15, 0.2) is 0 Å². The summed E-state index contributed by atoms with van der Waals surface area (Å²) in [5.41, 5.74) is 2.66. The molecule has 1 heterocycles. The molecule has 1 aromatic carbocycles. The standard InChI is InChI=1S/C18H25NO2/c20-18(21)13-17(19-11-5-1-2-6-12-19)16-8-4-3-7-15(16)14-9-10-14/h3-4,7-8,14,17H,1-2,5-6,9-13H2,(H,20,21). The van der Waals surface area contributed by atoms with Crippen molar-refractivity contribution in [3.63, 3.8) is 0 Å². The van der Waals surface area contributed by atoms with Gasteiger partial charge in [0.2, 0.25) is 0 Å². The lowest BCUT2D eigenvalue weighted by molar-refractivity contribution is -0.138. The predicted molar refractivity (Wildman–Crippen MR) is 83.5 cm³/mol. The molecule has 114 valence electrons. The van der Waals surface area contributed by atoms with Gasteiger partial charge < -0.3 is 5.11 Å². The largest absolute Gasteiger partial charge is 0.481 e. The summed E-state index contributed by atoms with van der Waals surface area (Å²) in [4.78, 5) is 13.8. The maximum atomic E-state index is 11.4. The van der Waals surface area contributed by atoms with Crippen LogP contribution in [0.25, 0.3) is 0 Å². The molecule has 1 aromatic rings. The van der Waals surface area contributed by atoms with E-state index < -0.39 is 5.97 Å². The van der Waals surface area contributed by atoms with E-state index in [1.807, 2.05) is 0 Å². The Morgan fingerprint density at radius 3 is 2.43 bits per heavy atom. The Morgan fingerprint density at radius 2 is 1.81 bits per heavy atom. The monoisotopic (exact) mass is 287 g/mol. The first-order valence-electron chi connectivity index (χ1n) is 8.30. The van der Waals surface area contributed by atoms with Crippen molar-refractivity contribution in [1.82, 2.24) is 4.90 Å². The molecule has 0 aromatic heterocycles. The van der Waals surface area contributed by atoms with E-state index in [4.69, 9.17) is 0 Å². The first kappa shape index (κ1) is 14.6. The minimum Gasteiger partial charge on any atom is -0.481 e. The van der Waals surface area contributed by atoms with Crippen molar-refractivity contribution in [3.8, 4) is 0 Å². The molecular formula is C18H25NO2. The number of benzene rings is 1. The molecule has 3 heteroatoms. The Balaban J connectivity index is 1.89. The molecule has 21 heavy (non-hydrogen) atoms. The normalized spacial score (nSPS) is 21.7. The van der Waals surface area contributed by atoms with Crippen LogP contribution in [0.1, 0.15) is 68.0 Å². The van der Waals surface area contributed by atoms with Gasteiger partial charge in [0.1, 0.15) is 0 Å². The van der Waals surface area contributed by atoms with Crippen LogP contribution in [0.4, 0.5) is 0 Å². The second-order valence-corrected chi connectivity index (χ2v) is 6.47. The van der Waals surface area contributed by atoms with Crippen LogP contribution in [0.2, 0.25) is 0 Å². The third-order valence-electron chi connectivity index (χ3n) is 4.82. The van der Waals surface area contributed by atoms with Gasteiger partial charge in [-0.1, -0.05) is 37.1 Å². The summed E-state index contributed by atoms with van der Waals surface area (Å²) in [6.45, 7) is 2.08. The molecule has 1 saturated carbocycles. The molecule has 0 radical (unpaired) electrons. The molecule has 2 aliphatic rings. The first-order valence-corrected chi connectivity index (χ1v) is 8.30. The van der Waals surface area contributed by atoms with Crippen LogP contribution in [0.5, 0.6) is 0 Å². The average Bonchev–Trinajstić information content (AvgIpc) is 3.31. The van der Waals surface area contributed by atoms with Crippen molar-refractivity contribution >= 4 is 5.97 Å². The fraction of sp³-hybridized carbons (Fsp3) is 0.611. The van der Waals surface area contributed by atoms with E-state index in [1.165, 1.54) is 49.7 Å². The van der Waals surface area contributed by atoms with Crippen LogP contribution in [-0.2, 0) is 4.79 Å². The SMILES string of the molecule is O=C(O)CC(c1ccccc1C1CC1)N1CCCCCC1. The van der Waals surface area contributed by atoms with Crippen molar-refractivity contribution < 1.29 is 9.90 Å². The second kappa shape index (κ2) is 6.61. The van der Waals surface area contributed by atoms with E-state index in [2.05, 4.69) is 29.2 Å². The van der Waals surface area contributed by atoms with Crippen molar-refractivity contribution in [3.05, 3.63) is 35.4 Å². The minimum absolute atomic E-state index is 0.0531. The van der Waals surface area contributed by atoms with Gasteiger partial charge >= 0.3 is 5.97 Å².